The molecule has 0 atom stereocenters. The van der Waals surface area contributed by atoms with E-state index in [4.69, 9.17) is 9.15 Å². The van der Waals surface area contributed by atoms with Gasteiger partial charge in [-0.2, -0.15) is 0 Å². The number of ether oxygens (including phenoxy) is 1. The summed E-state index contributed by atoms with van der Waals surface area (Å²) in [6, 6.07) is 15.9. The molecule has 0 saturated carbocycles. The number of fused-ring (bicyclic) bond motifs is 1. The summed E-state index contributed by atoms with van der Waals surface area (Å²) in [7, 11) is 0. The highest BCUT2D eigenvalue weighted by Crippen LogP contribution is 2.20. The van der Waals surface area contributed by atoms with Crippen molar-refractivity contribution in [2.24, 2.45) is 0 Å². The Morgan fingerprint density at radius 2 is 1.93 bits per heavy atom. The Labute approximate surface area is 167 Å². The number of nitrogens with zero attached hydrogens (tertiary/aromatic N) is 2. The molecule has 0 unspecified atom stereocenters. The molecule has 0 fully saturated rings. The molecule has 0 N–H and O–H groups in total. The van der Waals surface area contributed by atoms with Crippen molar-refractivity contribution in [1.29, 1.82) is 0 Å². The summed E-state index contributed by atoms with van der Waals surface area (Å²) in [5, 5.41) is 10.8. The monoisotopic (exact) mass is 392 g/mol. The Bertz CT molecular complexity index is 1090. The number of nitro benzene ring substituents is 1. The molecule has 4 rings (SSSR count). The molecule has 0 aliphatic carbocycles. The molecule has 0 radical (unpaired) electrons. The van der Waals surface area contributed by atoms with Crippen LogP contribution in [0.4, 0.5) is 5.69 Å². The van der Waals surface area contributed by atoms with Crippen molar-refractivity contribution in [3.05, 3.63) is 104 Å². The van der Waals surface area contributed by atoms with E-state index in [2.05, 4.69) is 23.1 Å². The third-order valence-corrected chi connectivity index (χ3v) is 4.96. The van der Waals surface area contributed by atoms with Crippen molar-refractivity contribution in [3.8, 4) is 5.75 Å². The number of rotatable bonds is 6. The van der Waals surface area contributed by atoms with Crippen molar-refractivity contribution in [3.63, 3.8) is 0 Å². The van der Waals surface area contributed by atoms with Gasteiger partial charge in [0.05, 0.1) is 11.5 Å². The molecule has 1 aliphatic rings. The van der Waals surface area contributed by atoms with Gasteiger partial charge >= 0.3 is 0 Å². The summed E-state index contributed by atoms with van der Waals surface area (Å²) in [6.45, 7) is 2.33. The van der Waals surface area contributed by atoms with Crippen molar-refractivity contribution in [2.45, 2.75) is 26.1 Å². The fourth-order valence-corrected chi connectivity index (χ4v) is 3.46. The molecule has 0 amide bonds. The smallest absolute Gasteiger partial charge is 0.269 e. The van der Waals surface area contributed by atoms with Crippen molar-refractivity contribution < 1.29 is 14.1 Å². The topological polar surface area (TPSA) is 85.8 Å². The van der Waals surface area contributed by atoms with E-state index >= 15 is 0 Å². The second-order valence-corrected chi connectivity index (χ2v) is 7.02. The Morgan fingerprint density at radius 3 is 2.72 bits per heavy atom. The molecule has 29 heavy (non-hydrogen) atoms. The van der Waals surface area contributed by atoms with E-state index in [1.165, 1.54) is 35.6 Å². The zero-order chi connectivity index (χ0) is 20.2. The zero-order valence-electron chi connectivity index (χ0n) is 15.7. The zero-order valence-corrected chi connectivity index (χ0v) is 15.7. The molecule has 3 aromatic rings. The number of hydrogen-bond donors (Lipinski definition) is 0. The maximum atomic E-state index is 12.4. The maximum Gasteiger partial charge on any atom is 0.269 e. The molecule has 7 heteroatoms. The molecule has 1 aliphatic heterocycles. The van der Waals surface area contributed by atoms with Crippen LogP contribution >= 0.6 is 0 Å². The minimum Gasteiger partial charge on any atom is -0.482 e. The van der Waals surface area contributed by atoms with Gasteiger partial charge in [-0.05, 0) is 23.1 Å². The van der Waals surface area contributed by atoms with E-state index in [-0.39, 0.29) is 23.5 Å². The number of nitro groups is 1. The first-order valence-corrected chi connectivity index (χ1v) is 9.35. The molecular weight excluding hydrogens is 372 g/mol. The first kappa shape index (κ1) is 18.9. The molecule has 7 nitrogen and oxygen atoms in total. The van der Waals surface area contributed by atoms with Crippen molar-refractivity contribution in [1.82, 2.24) is 4.90 Å². The Balaban J connectivity index is 1.39. The molecule has 0 bridgehead atoms. The van der Waals surface area contributed by atoms with Gasteiger partial charge in [0.1, 0.15) is 18.6 Å². The van der Waals surface area contributed by atoms with Gasteiger partial charge < -0.3 is 9.15 Å². The largest absolute Gasteiger partial charge is 0.482 e. The van der Waals surface area contributed by atoms with Crippen molar-refractivity contribution >= 4 is 5.69 Å². The molecule has 1 aromatic heterocycles. The van der Waals surface area contributed by atoms with Crippen LogP contribution in [0.2, 0.25) is 0 Å². The van der Waals surface area contributed by atoms with Crippen LogP contribution in [-0.4, -0.2) is 16.4 Å². The van der Waals surface area contributed by atoms with Crippen molar-refractivity contribution in [2.75, 3.05) is 6.54 Å². The van der Waals surface area contributed by atoms with Crippen LogP contribution < -0.4 is 10.2 Å². The van der Waals surface area contributed by atoms with Gasteiger partial charge in [0, 0.05) is 31.3 Å². The molecule has 0 spiro atoms. The van der Waals surface area contributed by atoms with Crippen LogP contribution in [0.25, 0.3) is 0 Å². The maximum absolute atomic E-state index is 12.4. The average molecular weight is 392 g/mol. The summed E-state index contributed by atoms with van der Waals surface area (Å²) in [5.74, 6) is 0.668. The number of hydrogen-bond acceptors (Lipinski definition) is 6. The summed E-state index contributed by atoms with van der Waals surface area (Å²) in [4.78, 5) is 25.0. The molecule has 2 heterocycles. The lowest BCUT2D eigenvalue weighted by Gasteiger charge is -2.28. The van der Waals surface area contributed by atoms with E-state index in [0.717, 1.165) is 19.5 Å². The summed E-state index contributed by atoms with van der Waals surface area (Å²) in [6.07, 6.45) is 2.29. The Morgan fingerprint density at radius 1 is 1.10 bits per heavy atom. The predicted octanol–water partition coefficient (Wildman–Crippen LogP) is 3.69. The lowest BCUT2D eigenvalue weighted by Crippen LogP contribution is -2.30. The number of non-ortho nitro benzene ring substituents is 1. The van der Waals surface area contributed by atoms with Crippen LogP contribution in [0, 0.1) is 10.1 Å². The van der Waals surface area contributed by atoms with Gasteiger partial charge in [-0.3, -0.25) is 19.8 Å². The van der Waals surface area contributed by atoms with E-state index < -0.39 is 4.92 Å². The van der Waals surface area contributed by atoms with E-state index in [1.54, 1.807) is 12.1 Å². The van der Waals surface area contributed by atoms with Gasteiger partial charge in [-0.15, -0.1) is 0 Å². The van der Waals surface area contributed by atoms with Crippen LogP contribution in [0.5, 0.6) is 5.75 Å². The second-order valence-electron chi connectivity index (χ2n) is 7.02. The van der Waals surface area contributed by atoms with Crippen LogP contribution in [-0.2, 0) is 26.1 Å². The standard InChI is InChI=1S/C22H20N2O5/c25-21-11-20(13-23-9-8-17-5-1-2-6-18(17)12-23)28-15-22(21)29-14-16-4-3-7-19(10-16)24(26)27/h1-7,10-11,15H,8-9,12-14H2. The summed E-state index contributed by atoms with van der Waals surface area (Å²) in [5.41, 5.74) is 2.99. The first-order chi connectivity index (χ1) is 14.1. The Hall–Kier alpha value is -3.45. The quantitative estimate of drug-likeness (QED) is 0.470. The summed E-state index contributed by atoms with van der Waals surface area (Å²) >= 11 is 0. The van der Waals surface area contributed by atoms with Gasteiger partial charge in [-0.1, -0.05) is 36.4 Å². The second kappa shape index (κ2) is 8.28. The predicted molar refractivity (Wildman–Crippen MR) is 107 cm³/mol. The molecule has 2 aromatic carbocycles. The fourth-order valence-electron chi connectivity index (χ4n) is 3.46. The highest BCUT2D eigenvalue weighted by Gasteiger charge is 2.17. The van der Waals surface area contributed by atoms with Crippen LogP contribution in [0.15, 0.2) is 70.1 Å². The third kappa shape index (κ3) is 4.52. The van der Waals surface area contributed by atoms with Crippen LogP contribution in [0.3, 0.4) is 0 Å². The molecule has 148 valence electrons. The minimum atomic E-state index is -0.467. The molecular formula is C22H20N2O5. The highest BCUT2D eigenvalue weighted by molar-refractivity contribution is 5.34. The lowest BCUT2D eigenvalue weighted by molar-refractivity contribution is -0.384. The first-order valence-electron chi connectivity index (χ1n) is 9.35. The fraction of sp³-hybridized carbons (Fsp3) is 0.227. The number of benzene rings is 2. The van der Waals surface area contributed by atoms with E-state index in [0.29, 0.717) is 17.9 Å². The van der Waals surface area contributed by atoms with Gasteiger partial charge in [0.2, 0.25) is 11.2 Å². The highest BCUT2D eigenvalue weighted by atomic mass is 16.6. The average Bonchev–Trinajstić information content (AvgIpc) is 2.73. The normalized spacial score (nSPS) is 13.7. The van der Waals surface area contributed by atoms with E-state index in [9.17, 15) is 14.9 Å². The van der Waals surface area contributed by atoms with E-state index in [1.807, 2.05) is 6.07 Å². The molecule has 0 saturated heterocycles. The Kier molecular flexibility index (Phi) is 5.39. The van der Waals surface area contributed by atoms with Gasteiger partial charge in [0.25, 0.3) is 5.69 Å². The SMILES string of the molecule is O=c1cc(CN2CCc3ccccc3C2)occ1OCc1cccc([N+](=O)[O-])c1. The third-order valence-electron chi connectivity index (χ3n) is 4.96. The van der Waals surface area contributed by atoms with Gasteiger partial charge in [-0.25, -0.2) is 0 Å². The summed E-state index contributed by atoms with van der Waals surface area (Å²) < 4.78 is 11.1. The lowest BCUT2D eigenvalue weighted by atomic mass is 10.00. The van der Waals surface area contributed by atoms with Gasteiger partial charge in [0.15, 0.2) is 0 Å². The minimum absolute atomic E-state index is 0.0170. The van der Waals surface area contributed by atoms with Crippen LogP contribution in [0.1, 0.15) is 22.5 Å².